The van der Waals surface area contributed by atoms with E-state index in [-0.39, 0.29) is 0 Å². The zero-order chi connectivity index (χ0) is 10.7. The lowest BCUT2D eigenvalue weighted by Gasteiger charge is -2.21. The fourth-order valence-electron chi connectivity index (χ4n) is 2.25. The fourth-order valence-corrected chi connectivity index (χ4v) is 3.38. The van der Waals surface area contributed by atoms with Crippen molar-refractivity contribution in [1.82, 2.24) is 10.3 Å². The molecule has 84 valence electrons. The molecule has 3 heteroatoms. The molecule has 0 saturated carbocycles. The number of aromatic nitrogens is 1. The lowest BCUT2D eigenvalue weighted by atomic mass is 9.97. The standard InChI is InChI=1S/C12H20N2S/c1-3-11-9(2)15-12(14-11)7-10-5-4-6-13-8-10/h10,13H,3-8H2,1-2H3. The molecule has 15 heavy (non-hydrogen) atoms. The number of rotatable bonds is 3. The molecule has 1 fully saturated rings. The number of hydrogen-bond donors (Lipinski definition) is 1. The molecule has 0 aliphatic carbocycles. The zero-order valence-corrected chi connectivity index (χ0v) is 10.5. The van der Waals surface area contributed by atoms with Gasteiger partial charge in [-0.05, 0) is 45.2 Å². The summed E-state index contributed by atoms with van der Waals surface area (Å²) in [5.41, 5.74) is 1.30. The molecule has 0 bridgehead atoms. The molecule has 2 heterocycles. The summed E-state index contributed by atoms with van der Waals surface area (Å²) in [6.45, 7) is 6.76. The normalized spacial score (nSPS) is 21.9. The third kappa shape index (κ3) is 2.79. The van der Waals surface area contributed by atoms with Crippen LogP contribution in [0, 0.1) is 12.8 Å². The highest BCUT2D eigenvalue weighted by atomic mass is 32.1. The number of piperidine rings is 1. The molecule has 2 nitrogen and oxygen atoms in total. The lowest BCUT2D eigenvalue weighted by molar-refractivity contribution is 0.375. The van der Waals surface area contributed by atoms with Gasteiger partial charge in [0.15, 0.2) is 0 Å². The highest BCUT2D eigenvalue weighted by Crippen LogP contribution is 2.23. The van der Waals surface area contributed by atoms with Gasteiger partial charge >= 0.3 is 0 Å². The number of aryl methyl sites for hydroxylation is 2. The number of thiazole rings is 1. The van der Waals surface area contributed by atoms with Gasteiger partial charge in [-0.1, -0.05) is 6.92 Å². The molecule has 0 amide bonds. The second-order valence-electron chi connectivity index (χ2n) is 4.38. The van der Waals surface area contributed by atoms with Gasteiger partial charge < -0.3 is 5.32 Å². The van der Waals surface area contributed by atoms with Crippen molar-refractivity contribution in [2.24, 2.45) is 5.92 Å². The smallest absolute Gasteiger partial charge is 0.0934 e. The third-order valence-corrected chi connectivity index (χ3v) is 4.17. The van der Waals surface area contributed by atoms with Crippen LogP contribution in [0.5, 0.6) is 0 Å². The maximum Gasteiger partial charge on any atom is 0.0934 e. The topological polar surface area (TPSA) is 24.9 Å². The van der Waals surface area contributed by atoms with Crippen molar-refractivity contribution in [2.75, 3.05) is 13.1 Å². The molecule has 1 aliphatic rings. The van der Waals surface area contributed by atoms with E-state index < -0.39 is 0 Å². The summed E-state index contributed by atoms with van der Waals surface area (Å²) in [5.74, 6) is 0.814. The number of nitrogens with one attached hydrogen (secondary N) is 1. The van der Waals surface area contributed by atoms with Crippen LogP contribution < -0.4 is 5.32 Å². The summed E-state index contributed by atoms with van der Waals surface area (Å²) in [6.07, 6.45) is 4.95. The largest absolute Gasteiger partial charge is 0.316 e. The Kier molecular flexibility index (Phi) is 3.76. The van der Waals surface area contributed by atoms with Crippen LogP contribution in [0.3, 0.4) is 0 Å². The average molecular weight is 224 g/mol. The van der Waals surface area contributed by atoms with Gasteiger partial charge in [-0.2, -0.15) is 0 Å². The molecule has 1 saturated heterocycles. The van der Waals surface area contributed by atoms with Crippen molar-refractivity contribution < 1.29 is 0 Å². The minimum Gasteiger partial charge on any atom is -0.316 e. The van der Waals surface area contributed by atoms with Crippen LogP contribution in [0.4, 0.5) is 0 Å². The van der Waals surface area contributed by atoms with E-state index in [0.29, 0.717) is 0 Å². The van der Waals surface area contributed by atoms with Crippen LogP contribution in [-0.4, -0.2) is 18.1 Å². The first-order chi connectivity index (χ1) is 7.29. The molecule has 2 rings (SSSR count). The van der Waals surface area contributed by atoms with E-state index in [1.165, 1.54) is 47.9 Å². The monoisotopic (exact) mass is 224 g/mol. The molecule has 1 aliphatic heterocycles. The van der Waals surface area contributed by atoms with Crippen molar-refractivity contribution in [3.8, 4) is 0 Å². The molecular weight excluding hydrogens is 204 g/mol. The Morgan fingerprint density at radius 2 is 2.40 bits per heavy atom. The Labute approximate surface area is 96.1 Å². The number of nitrogens with zero attached hydrogens (tertiary/aromatic N) is 1. The summed E-state index contributed by atoms with van der Waals surface area (Å²) >= 11 is 1.89. The van der Waals surface area contributed by atoms with Gasteiger partial charge in [0, 0.05) is 11.3 Å². The summed E-state index contributed by atoms with van der Waals surface area (Å²) in [4.78, 5) is 6.13. The van der Waals surface area contributed by atoms with Crippen LogP contribution in [0.1, 0.15) is 35.3 Å². The van der Waals surface area contributed by atoms with E-state index in [1.807, 2.05) is 11.3 Å². The summed E-state index contributed by atoms with van der Waals surface area (Å²) < 4.78 is 0. The van der Waals surface area contributed by atoms with Gasteiger partial charge in [-0.25, -0.2) is 4.98 Å². The van der Waals surface area contributed by atoms with E-state index in [9.17, 15) is 0 Å². The lowest BCUT2D eigenvalue weighted by Crippen LogP contribution is -2.30. The van der Waals surface area contributed by atoms with Crippen molar-refractivity contribution >= 4 is 11.3 Å². The predicted octanol–water partition coefficient (Wildman–Crippen LogP) is 2.56. The average Bonchev–Trinajstić information content (AvgIpc) is 2.60. The van der Waals surface area contributed by atoms with Crippen molar-refractivity contribution in [2.45, 2.75) is 39.5 Å². The first-order valence-electron chi connectivity index (χ1n) is 5.95. The van der Waals surface area contributed by atoms with E-state index in [2.05, 4.69) is 19.2 Å². The molecule has 0 aromatic carbocycles. The van der Waals surface area contributed by atoms with E-state index in [0.717, 1.165) is 12.3 Å². The third-order valence-electron chi connectivity index (χ3n) is 3.13. The van der Waals surface area contributed by atoms with Gasteiger partial charge in [0.1, 0.15) is 0 Å². The minimum absolute atomic E-state index is 0.814. The van der Waals surface area contributed by atoms with Gasteiger partial charge in [0.2, 0.25) is 0 Å². The number of hydrogen-bond acceptors (Lipinski definition) is 3. The maximum atomic E-state index is 4.71. The highest BCUT2D eigenvalue weighted by molar-refractivity contribution is 7.11. The maximum absolute atomic E-state index is 4.71. The van der Waals surface area contributed by atoms with Crippen LogP contribution in [0.2, 0.25) is 0 Å². The molecule has 0 radical (unpaired) electrons. The Bertz CT molecular complexity index is 313. The van der Waals surface area contributed by atoms with Crippen LogP contribution >= 0.6 is 11.3 Å². The minimum atomic E-state index is 0.814. The molecule has 1 N–H and O–H groups in total. The second kappa shape index (κ2) is 5.08. The molecular formula is C12H20N2S. The van der Waals surface area contributed by atoms with E-state index >= 15 is 0 Å². The molecule has 1 aromatic rings. The van der Waals surface area contributed by atoms with Gasteiger partial charge in [-0.3, -0.25) is 0 Å². The Morgan fingerprint density at radius 3 is 3.00 bits per heavy atom. The summed E-state index contributed by atoms with van der Waals surface area (Å²) in [5, 5.41) is 4.81. The molecule has 1 aromatic heterocycles. The Morgan fingerprint density at radius 1 is 1.53 bits per heavy atom. The second-order valence-corrected chi connectivity index (χ2v) is 5.67. The van der Waals surface area contributed by atoms with Crippen molar-refractivity contribution in [3.05, 3.63) is 15.6 Å². The highest BCUT2D eigenvalue weighted by Gasteiger charge is 2.16. The summed E-state index contributed by atoms with van der Waals surface area (Å²) in [6, 6.07) is 0. The molecule has 1 unspecified atom stereocenters. The van der Waals surface area contributed by atoms with Gasteiger partial charge in [-0.15, -0.1) is 11.3 Å². The van der Waals surface area contributed by atoms with Crippen molar-refractivity contribution in [3.63, 3.8) is 0 Å². The van der Waals surface area contributed by atoms with E-state index in [4.69, 9.17) is 4.98 Å². The van der Waals surface area contributed by atoms with Crippen LogP contribution in [0.25, 0.3) is 0 Å². The van der Waals surface area contributed by atoms with Gasteiger partial charge in [0.05, 0.1) is 10.7 Å². The Balaban J connectivity index is 1.97. The first-order valence-corrected chi connectivity index (χ1v) is 6.77. The molecule has 1 atom stereocenters. The predicted molar refractivity (Wildman–Crippen MR) is 65.5 cm³/mol. The van der Waals surface area contributed by atoms with Crippen molar-refractivity contribution in [1.29, 1.82) is 0 Å². The molecule has 0 spiro atoms. The first kappa shape index (κ1) is 11.1. The quantitative estimate of drug-likeness (QED) is 0.853. The fraction of sp³-hybridized carbons (Fsp3) is 0.750. The Hall–Kier alpha value is -0.410. The van der Waals surface area contributed by atoms with Crippen LogP contribution in [-0.2, 0) is 12.8 Å². The summed E-state index contributed by atoms with van der Waals surface area (Å²) in [7, 11) is 0. The van der Waals surface area contributed by atoms with E-state index in [1.54, 1.807) is 0 Å². The van der Waals surface area contributed by atoms with Crippen LogP contribution in [0.15, 0.2) is 0 Å². The SMILES string of the molecule is CCc1nc(CC2CCCNC2)sc1C. The van der Waals surface area contributed by atoms with Gasteiger partial charge in [0.25, 0.3) is 0 Å². The zero-order valence-electron chi connectivity index (χ0n) is 9.68.